The standard InChI is InChI=1S/C11H23NS2/c1-4-13-8-9(2)12-11-6-5-7-14-10(11)3/h9-12H,4-8H2,1-3H3. The second-order valence-electron chi connectivity index (χ2n) is 4.05. The highest BCUT2D eigenvalue weighted by Crippen LogP contribution is 2.25. The summed E-state index contributed by atoms with van der Waals surface area (Å²) in [6.45, 7) is 6.91. The summed E-state index contributed by atoms with van der Waals surface area (Å²) in [6, 6.07) is 1.42. The molecule has 0 aliphatic carbocycles. The van der Waals surface area contributed by atoms with Crippen LogP contribution >= 0.6 is 23.5 Å². The molecule has 0 saturated carbocycles. The fourth-order valence-corrected chi connectivity index (χ4v) is 3.69. The van der Waals surface area contributed by atoms with E-state index >= 15 is 0 Å². The van der Waals surface area contributed by atoms with E-state index in [0.717, 1.165) is 11.3 Å². The fourth-order valence-electron chi connectivity index (χ4n) is 1.85. The van der Waals surface area contributed by atoms with Crippen LogP contribution in [0.25, 0.3) is 0 Å². The molecule has 0 bridgehead atoms. The highest BCUT2D eigenvalue weighted by Gasteiger charge is 2.22. The molecule has 1 N–H and O–H groups in total. The van der Waals surface area contributed by atoms with Gasteiger partial charge in [-0.1, -0.05) is 13.8 Å². The van der Waals surface area contributed by atoms with E-state index in [1.807, 2.05) is 11.8 Å². The van der Waals surface area contributed by atoms with E-state index in [0.29, 0.717) is 6.04 Å². The second kappa shape index (κ2) is 7.02. The van der Waals surface area contributed by atoms with Gasteiger partial charge in [-0.2, -0.15) is 23.5 Å². The van der Waals surface area contributed by atoms with Crippen molar-refractivity contribution in [1.29, 1.82) is 0 Å². The van der Waals surface area contributed by atoms with Gasteiger partial charge in [-0.3, -0.25) is 0 Å². The first kappa shape index (κ1) is 12.7. The first-order valence-electron chi connectivity index (χ1n) is 5.69. The minimum absolute atomic E-state index is 0.672. The maximum atomic E-state index is 3.76. The van der Waals surface area contributed by atoms with Crippen LogP contribution in [-0.2, 0) is 0 Å². The van der Waals surface area contributed by atoms with Gasteiger partial charge in [0.25, 0.3) is 0 Å². The summed E-state index contributed by atoms with van der Waals surface area (Å²) in [7, 11) is 0. The third-order valence-corrected chi connectivity index (χ3v) is 5.20. The van der Waals surface area contributed by atoms with Crippen LogP contribution in [0, 0.1) is 0 Å². The van der Waals surface area contributed by atoms with Crippen molar-refractivity contribution in [2.45, 2.75) is 50.9 Å². The Morgan fingerprint density at radius 2 is 2.36 bits per heavy atom. The van der Waals surface area contributed by atoms with Crippen molar-refractivity contribution >= 4 is 23.5 Å². The lowest BCUT2D eigenvalue weighted by Crippen LogP contribution is -2.44. The van der Waals surface area contributed by atoms with Crippen molar-refractivity contribution in [1.82, 2.24) is 5.32 Å². The smallest absolute Gasteiger partial charge is 0.0186 e. The minimum Gasteiger partial charge on any atom is -0.310 e. The molecule has 14 heavy (non-hydrogen) atoms. The van der Waals surface area contributed by atoms with Crippen LogP contribution < -0.4 is 5.32 Å². The zero-order valence-corrected chi connectivity index (χ0v) is 11.2. The van der Waals surface area contributed by atoms with Crippen molar-refractivity contribution in [3.63, 3.8) is 0 Å². The molecule has 1 rings (SSSR count). The Morgan fingerprint density at radius 1 is 1.57 bits per heavy atom. The first-order chi connectivity index (χ1) is 6.74. The highest BCUT2D eigenvalue weighted by atomic mass is 32.2. The summed E-state index contributed by atoms with van der Waals surface area (Å²) in [4.78, 5) is 0. The molecule has 1 aliphatic rings. The first-order valence-corrected chi connectivity index (χ1v) is 7.89. The Labute approximate surface area is 97.2 Å². The van der Waals surface area contributed by atoms with Crippen molar-refractivity contribution in [3.05, 3.63) is 0 Å². The van der Waals surface area contributed by atoms with E-state index in [9.17, 15) is 0 Å². The van der Waals surface area contributed by atoms with Gasteiger partial charge >= 0.3 is 0 Å². The van der Waals surface area contributed by atoms with Crippen LogP contribution in [-0.4, -0.2) is 34.6 Å². The Bertz CT molecular complexity index is 152. The fraction of sp³-hybridized carbons (Fsp3) is 1.00. The van der Waals surface area contributed by atoms with Crippen LogP contribution in [0.4, 0.5) is 0 Å². The van der Waals surface area contributed by atoms with Gasteiger partial charge in [0, 0.05) is 23.1 Å². The summed E-state index contributed by atoms with van der Waals surface area (Å²) < 4.78 is 0. The number of thioether (sulfide) groups is 2. The molecule has 1 heterocycles. The normalized spacial score (nSPS) is 30.2. The number of hydrogen-bond acceptors (Lipinski definition) is 3. The summed E-state index contributed by atoms with van der Waals surface area (Å²) in [5, 5.41) is 4.57. The van der Waals surface area contributed by atoms with Crippen LogP contribution in [0.3, 0.4) is 0 Å². The average Bonchev–Trinajstić information content (AvgIpc) is 2.18. The third kappa shape index (κ3) is 4.45. The van der Waals surface area contributed by atoms with Crippen molar-refractivity contribution < 1.29 is 0 Å². The van der Waals surface area contributed by atoms with Gasteiger partial charge in [0.15, 0.2) is 0 Å². The lowest BCUT2D eigenvalue weighted by Gasteiger charge is -2.31. The lowest BCUT2D eigenvalue weighted by molar-refractivity contribution is 0.428. The molecule has 84 valence electrons. The maximum Gasteiger partial charge on any atom is 0.0186 e. The Kier molecular flexibility index (Phi) is 6.38. The van der Waals surface area contributed by atoms with Crippen LogP contribution in [0.15, 0.2) is 0 Å². The zero-order valence-electron chi connectivity index (χ0n) is 9.58. The summed E-state index contributed by atoms with van der Waals surface area (Å²) in [5.41, 5.74) is 0. The van der Waals surface area contributed by atoms with Crippen molar-refractivity contribution in [2.75, 3.05) is 17.3 Å². The van der Waals surface area contributed by atoms with Gasteiger partial charge < -0.3 is 5.32 Å². The van der Waals surface area contributed by atoms with E-state index in [1.165, 1.54) is 30.1 Å². The third-order valence-electron chi connectivity index (χ3n) is 2.68. The molecule has 0 spiro atoms. The molecule has 3 atom stereocenters. The summed E-state index contributed by atoms with van der Waals surface area (Å²) >= 11 is 4.16. The van der Waals surface area contributed by atoms with E-state index in [-0.39, 0.29) is 0 Å². The van der Waals surface area contributed by atoms with E-state index in [4.69, 9.17) is 0 Å². The Balaban J connectivity index is 2.20. The molecular formula is C11H23NS2. The van der Waals surface area contributed by atoms with Crippen molar-refractivity contribution in [3.8, 4) is 0 Å². The van der Waals surface area contributed by atoms with Crippen LogP contribution in [0.2, 0.25) is 0 Å². The number of hydrogen-bond donors (Lipinski definition) is 1. The minimum atomic E-state index is 0.672. The summed E-state index contributed by atoms with van der Waals surface area (Å²) in [5.74, 6) is 3.85. The molecule has 1 fully saturated rings. The molecule has 0 aromatic carbocycles. The number of rotatable bonds is 5. The molecule has 1 nitrogen and oxygen atoms in total. The highest BCUT2D eigenvalue weighted by molar-refractivity contribution is 8.00. The van der Waals surface area contributed by atoms with Gasteiger partial charge in [0.2, 0.25) is 0 Å². The molecule has 1 saturated heterocycles. The zero-order chi connectivity index (χ0) is 10.4. The monoisotopic (exact) mass is 233 g/mol. The van der Waals surface area contributed by atoms with Crippen LogP contribution in [0.5, 0.6) is 0 Å². The lowest BCUT2D eigenvalue weighted by atomic mass is 10.1. The molecule has 0 aromatic heterocycles. The van der Waals surface area contributed by atoms with Crippen LogP contribution in [0.1, 0.15) is 33.6 Å². The second-order valence-corrected chi connectivity index (χ2v) is 6.86. The largest absolute Gasteiger partial charge is 0.310 e. The predicted molar refractivity (Wildman–Crippen MR) is 70.5 cm³/mol. The maximum absolute atomic E-state index is 3.76. The SMILES string of the molecule is CCSCC(C)NC1CCCSC1C. The van der Waals surface area contributed by atoms with Crippen molar-refractivity contribution in [2.24, 2.45) is 0 Å². The molecule has 1 aliphatic heterocycles. The van der Waals surface area contributed by atoms with E-state index in [1.54, 1.807) is 0 Å². The van der Waals surface area contributed by atoms with Gasteiger partial charge in [-0.05, 0) is 31.3 Å². The predicted octanol–water partition coefficient (Wildman–Crippen LogP) is 3.00. The average molecular weight is 233 g/mol. The Hall–Kier alpha value is 0.660. The molecule has 0 aromatic rings. The Morgan fingerprint density at radius 3 is 3.00 bits per heavy atom. The van der Waals surface area contributed by atoms with E-state index < -0.39 is 0 Å². The number of nitrogens with one attached hydrogen (secondary N) is 1. The topological polar surface area (TPSA) is 12.0 Å². The quantitative estimate of drug-likeness (QED) is 0.784. The molecule has 3 unspecified atom stereocenters. The van der Waals surface area contributed by atoms with Gasteiger partial charge in [0.05, 0.1) is 0 Å². The molecule has 3 heteroatoms. The van der Waals surface area contributed by atoms with E-state index in [2.05, 4.69) is 37.8 Å². The van der Waals surface area contributed by atoms with Gasteiger partial charge in [0.1, 0.15) is 0 Å². The van der Waals surface area contributed by atoms with Gasteiger partial charge in [-0.25, -0.2) is 0 Å². The summed E-state index contributed by atoms with van der Waals surface area (Å²) in [6.07, 6.45) is 2.76. The molecule has 0 radical (unpaired) electrons. The van der Waals surface area contributed by atoms with Gasteiger partial charge in [-0.15, -0.1) is 0 Å². The molecule has 0 amide bonds. The molecular weight excluding hydrogens is 210 g/mol.